The highest BCUT2D eigenvalue weighted by Gasteiger charge is 2.72. The van der Waals surface area contributed by atoms with Gasteiger partial charge in [-0.3, -0.25) is 4.79 Å². The first-order chi connectivity index (χ1) is 15.3. The minimum atomic E-state index is -1.03. The number of aliphatic hydroxyl groups is 2. The Hall–Kier alpha value is -0.650. The van der Waals surface area contributed by atoms with Crippen LogP contribution in [-0.2, 0) is 14.3 Å². The van der Waals surface area contributed by atoms with Crippen LogP contribution in [0.5, 0.6) is 0 Å². The van der Waals surface area contributed by atoms with Crippen LogP contribution in [0.4, 0.5) is 0 Å². The first-order valence-corrected chi connectivity index (χ1v) is 13.7. The number of carbonyl (C=O) groups is 1. The molecule has 2 N–H and O–H groups in total. The van der Waals surface area contributed by atoms with E-state index in [1.165, 1.54) is 38.5 Å². The van der Waals surface area contributed by atoms with Gasteiger partial charge in [0.1, 0.15) is 5.60 Å². The van der Waals surface area contributed by atoms with Crippen LogP contribution in [0.25, 0.3) is 0 Å². The Morgan fingerprint density at radius 2 is 1.36 bits per heavy atom. The van der Waals surface area contributed by atoms with Crippen LogP contribution in [0.3, 0.4) is 0 Å². The molecule has 3 atom stereocenters. The van der Waals surface area contributed by atoms with Gasteiger partial charge in [0.2, 0.25) is 0 Å². The SMILES string of the molecule is CCC(C)C(=O)OC12CC3(O)CC(O)(C1)CC(OC(C)(C)C14CC5CC(CC(C5)C1)C4)(C3)C2. The van der Waals surface area contributed by atoms with E-state index in [4.69, 9.17) is 9.47 Å². The highest BCUT2D eigenvalue weighted by molar-refractivity contribution is 5.72. The normalized spacial score (nSPS) is 52.8. The maximum Gasteiger partial charge on any atom is 0.309 e. The Labute approximate surface area is 199 Å². The molecule has 8 aliphatic rings. The quantitative estimate of drug-likeness (QED) is 0.551. The molecule has 8 saturated carbocycles. The number of carbonyl (C=O) groups excluding carboxylic acids is 1. The van der Waals surface area contributed by atoms with Gasteiger partial charge in [0.25, 0.3) is 0 Å². The Morgan fingerprint density at radius 1 is 0.879 bits per heavy atom. The zero-order valence-corrected chi connectivity index (χ0v) is 21.1. The van der Waals surface area contributed by atoms with Crippen molar-refractivity contribution >= 4 is 5.97 Å². The van der Waals surface area contributed by atoms with Crippen LogP contribution >= 0.6 is 0 Å². The summed E-state index contributed by atoms with van der Waals surface area (Å²) in [5.41, 5.74) is -3.66. The third-order valence-corrected chi connectivity index (χ3v) is 11.0. The molecular weight excluding hydrogens is 416 g/mol. The lowest BCUT2D eigenvalue weighted by molar-refractivity contribution is -0.343. The first kappa shape index (κ1) is 22.8. The standard InChI is InChI=1S/C28H44O5/c1-5-18(2)22(29)32-27-13-25(30)12-26(31,14-27)16-28(15-25,17-27)33-23(3,4)24-9-19-6-20(10-24)8-21(7-19)11-24/h18-21,30-31H,5-17H2,1-4H3. The molecule has 8 aliphatic carbocycles. The van der Waals surface area contributed by atoms with E-state index in [9.17, 15) is 15.0 Å². The second-order valence-corrected chi connectivity index (χ2v) is 14.4. The molecule has 5 heteroatoms. The molecule has 0 aromatic carbocycles. The van der Waals surface area contributed by atoms with Crippen LogP contribution in [-0.4, -0.2) is 44.2 Å². The van der Waals surface area contributed by atoms with Crippen molar-refractivity contribution in [1.82, 2.24) is 0 Å². The van der Waals surface area contributed by atoms with E-state index in [1.807, 2.05) is 13.8 Å². The molecule has 0 radical (unpaired) electrons. The van der Waals surface area contributed by atoms with Crippen molar-refractivity contribution in [3.63, 3.8) is 0 Å². The second kappa shape index (κ2) is 6.76. The van der Waals surface area contributed by atoms with Crippen molar-refractivity contribution in [2.75, 3.05) is 0 Å². The van der Waals surface area contributed by atoms with Gasteiger partial charge in [0.15, 0.2) is 0 Å². The van der Waals surface area contributed by atoms with Crippen molar-refractivity contribution in [1.29, 1.82) is 0 Å². The summed E-state index contributed by atoms with van der Waals surface area (Å²) < 4.78 is 13.4. The molecule has 0 spiro atoms. The minimum absolute atomic E-state index is 0.178. The third kappa shape index (κ3) is 3.46. The van der Waals surface area contributed by atoms with E-state index < -0.39 is 22.4 Å². The van der Waals surface area contributed by atoms with Gasteiger partial charge in [-0.1, -0.05) is 13.8 Å². The van der Waals surface area contributed by atoms with Gasteiger partial charge in [0, 0.05) is 38.5 Å². The van der Waals surface area contributed by atoms with Gasteiger partial charge in [0.05, 0.1) is 28.3 Å². The summed E-state index contributed by atoms with van der Waals surface area (Å²) in [6.45, 7) is 8.45. The third-order valence-electron chi connectivity index (χ3n) is 11.0. The van der Waals surface area contributed by atoms with E-state index in [0.29, 0.717) is 38.5 Å². The highest BCUT2D eigenvalue weighted by atomic mass is 16.6. The Bertz CT molecular complexity index is 792. The predicted octanol–water partition coefficient (Wildman–Crippen LogP) is 4.91. The zero-order valence-electron chi connectivity index (χ0n) is 21.1. The van der Waals surface area contributed by atoms with Crippen LogP contribution in [0.15, 0.2) is 0 Å². The largest absolute Gasteiger partial charge is 0.459 e. The second-order valence-electron chi connectivity index (χ2n) is 14.4. The van der Waals surface area contributed by atoms with E-state index >= 15 is 0 Å². The topological polar surface area (TPSA) is 76.0 Å². The minimum Gasteiger partial charge on any atom is -0.459 e. The molecule has 0 aromatic heterocycles. The molecule has 0 amide bonds. The van der Waals surface area contributed by atoms with Crippen molar-refractivity contribution in [3.8, 4) is 0 Å². The Kier molecular flexibility index (Phi) is 4.67. The molecule has 8 fully saturated rings. The molecule has 0 saturated heterocycles. The maximum absolute atomic E-state index is 12.9. The lowest BCUT2D eigenvalue weighted by Gasteiger charge is -2.69. The monoisotopic (exact) mass is 460 g/mol. The molecule has 3 unspecified atom stereocenters. The summed E-state index contributed by atoms with van der Waals surface area (Å²) in [4.78, 5) is 12.9. The van der Waals surface area contributed by atoms with Crippen molar-refractivity contribution in [3.05, 3.63) is 0 Å². The van der Waals surface area contributed by atoms with Gasteiger partial charge in [-0.2, -0.15) is 0 Å². The number of esters is 1. The molecule has 0 aliphatic heterocycles. The first-order valence-electron chi connectivity index (χ1n) is 13.7. The average molecular weight is 461 g/mol. The summed E-state index contributed by atoms with van der Waals surface area (Å²) in [5, 5.41) is 23.2. The van der Waals surface area contributed by atoms with E-state index in [1.54, 1.807) is 0 Å². The lowest BCUT2D eigenvalue weighted by Crippen LogP contribution is -2.74. The lowest BCUT2D eigenvalue weighted by atomic mass is 9.45. The summed E-state index contributed by atoms with van der Waals surface area (Å²) in [7, 11) is 0. The Morgan fingerprint density at radius 3 is 1.85 bits per heavy atom. The predicted molar refractivity (Wildman–Crippen MR) is 124 cm³/mol. The summed E-state index contributed by atoms with van der Waals surface area (Å²) >= 11 is 0. The molecule has 186 valence electrons. The Balaban J connectivity index is 1.31. The molecule has 8 rings (SSSR count). The van der Waals surface area contributed by atoms with Crippen LogP contribution in [0, 0.1) is 29.1 Å². The van der Waals surface area contributed by atoms with E-state index in [2.05, 4.69) is 13.8 Å². The van der Waals surface area contributed by atoms with Gasteiger partial charge in [-0.05, 0) is 82.0 Å². The van der Waals surface area contributed by atoms with E-state index in [0.717, 1.165) is 24.2 Å². The molecule has 0 heterocycles. The van der Waals surface area contributed by atoms with Gasteiger partial charge < -0.3 is 19.7 Å². The van der Waals surface area contributed by atoms with E-state index in [-0.39, 0.29) is 22.9 Å². The number of ether oxygens (including phenoxy) is 2. The van der Waals surface area contributed by atoms with Gasteiger partial charge in [-0.25, -0.2) is 0 Å². The fraction of sp³-hybridized carbons (Fsp3) is 0.964. The van der Waals surface area contributed by atoms with Gasteiger partial charge in [-0.15, -0.1) is 0 Å². The van der Waals surface area contributed by atoms with Gasteiger partial charge >= 0.3 is 5.97 Å². The molecule has 33 heavy (non-hydrogen) atoms. The van der Waals surface area contributed by atoms with Crippen molar-refractivity contribution in [2.24, 2.45) is 29.1 Å². The molecule has 0 aromatic rings. The zero-order chi connectivity index (χ0) is 23.5. The molecular formula is C28H44O5. The number of rotatable bonds is 6. The average Bonchev–Trinajstić information content (AvgIpc) is 2.61. The number of hydrogen-bond donors (Lipinski definition) is 2. The maximum atomic E-state index is 12.9. The fourth-order valence-electron chi connectivity index (χ4n) is 10.5. The van der Waals surface area contributed by atoms with Crippen molar-refractivity contribution < 1.29 is 24.5 Å². The smallest absolute Gasteiger partial charge is 0.309 e. The van der Waals surface area contributed by atoms with Crippen LogP contribution in [0.1, 0.15) is 111 Å². The molecule has 8 bridgehead atoms. The highest BCUT2D eigenvalue weighted by Crippen LogP contribution is 2.68. The fourth-order valence-corrected chi connectivity index (χ4v) is 10.5. The van der Waals surface area contributed by atoms with Crippen LogP contribution in [0.2, 0.25) is 0 Å². The van der Waals surface area contributed by atoms with Crippen molar-refractivity contribution in [2.45, 2.75) is 139 Å². The summed E-state index contributed by atoms with van der Waals surface area (Å²) in [6.07, 6.45) is 11.6. The summed E-state index contributed by atoms with van der Waals surface area (Å²) in [6, 6.07) is 0. The molecule has 5 nitrogen and oxygen atoms in total. The summed E-state index contributed by atoms with van der Waals surface area (Å²) in [5.74, 6) is 2.13. The number of hydrogen-bond acceptors (Lipinski definition) is 5. The van der Waals surface area contributed by atoms with Crippen LogP contribution < -0.4 is 0 Å².